The van der Waals surface area contributed by atoms with E-state index in [1.54, 1.807) is 7.11 Å². The van der Waals surface area contributed by atoms with Crippen LogP contribution in [-0.4, -0.2) is 16.9 Å². The molecule has 0 aliphatic heterocycles. The number of rotatable bonds is 5. The summed E-state index contributed by atoms with van der Waals surface area (Å²) >= 11 is 9.73. The van der Waals surface area contributed by atoms with Gasteiger partial charge < -0.3 is 10.1 Å². The van der Waals surface area contributed by atoms with Crippen LogP contribution in [0.3, 0.4) is 0 Å². The number of hydrogen-bond donors (Lipinski definition) is 1. The second-order valence-corrected chi connectivity index (χ2v) is 6.02. The highest BCUT2D eigenvalue weighted by atomic mass is 79.9. The molecule has 4 nitrogen and oxygen atoms in total. The van der Waals surface area contributed by atoms with Crippen LogP contribution in [0.5, 0.6) is 5.75 Å². The summed E-state index contributed by atoms with van der Waals surface area (Å²) in [6, 6.07) is 3.82. The van der Waals surface area contributed by atoms with Crippen LogP contribution in [0.4, 0.5) is 5.69 Å². The topological polar surface area (TPSA) is 39.1 Å². The van der Waals surface area contributed by atoms with Gasteiger partial charge in [0.1, 0.15) is 5.75 Å². The number of ether oxygens (including phenoxy) is 1. The van der Waals surface area contributed by atoms with Gasteiger partial charge in [-0.25, -0.2) is 0 Å². The maximum absolute atomic E-state index is 6.13. The molecule has 1 aromatic heterocycles. The number of hydrogen-bond acceptors (Lipinski definition) is 3. The number of nitrogens with zero attached hydrogens (tertiary/aromatic N) is 2. The van der Waals surface area contributed by atoms with Crippen LogP contribution in [-0.2, 0) is 13.1 Å². The molecule has 0 saturated carbocycles. The lowest BCUT2D eigenvalue weighted by atomic mass is 10.2. The molecule has 0 bridgehead atoms. The molecular weight excluding hydrogens is 354 g/mol. The van der Waals surface area contributed by atoms with Crippen LogP contribution in [0, 0.1) is 13.8 Å². The Bertz CT molecular complexity index is 655. The molecule has 0 saturated heterocycles. The molecule has 2 aromatic rings. The zero-order chi connectivity index (χ0) is 15.6. The molecule has 1 aromatic carbocycles. The zero-order valence-corrected chi connectivity index (χ0v) is 15.0. The van der Waals surface area contributed by atoms with E-state index < -0.39 is 0 Å². The van der Waals surface area contributed by atoms with E-state index in [4.69, 9.17) is 16.3 Å². The monoisotopic (exact) mass is 371 g/mol. The van der Waals surface area contributed by atoms with E-state index in [1.807, 2.05) is 30.7 Å². The third-order valence-corrected chi connectivity index (χ3v) is 4.82. The molecule has 0 atom stereocenters. The molecule has 0 aliphatic rings. The second kappa shape index (κ2) is 6.71. The van der Waals surface area contributed by atoms with Crippen LogP contribution in [0.2, 0.25) is 5.02 Å². The molecule has 6 heteroatoms. The molecule has 2 rings (SSSR count). The standard InChI is InChI=1S/C15H19BrClN3O/c1-5-20-13(15(16)10(3)19-20)8-18-12-6-9(2)11(17)7-14(12)21-4/h6-7,18H,5,8H2,1-4H3. The minimum Gasteiger partial charge on any atom is -0.495 e. The van der Waals surface area contributed by atoms with Crippen LogP contribution in [0.25, 0.3) is 0 Å². The van der Waals surface area contributed by atoms with Gasteiger partial charge in [0.05, 0.1) is 35.2 Å². The van der Waals surface area contributed by atoms with Crippen molar-refractivity contribution in [3.63, 3.8) is 0 Å². The van der Waals surface area contributed by atoms with Gasteiger partial charge in [0, 0.05) is 17.6 Å². The molecule has 0 amide bonds. The Labute approximate surface area is 138 Å². The molecule has 0 fully saturated rings. The van der Waals surface area contributed by atoms with Crippen molar-refractivity contribution in [2.45, 2.75) is 33.9 Å². The fourth-order valence-corrected chi connectivity index (χ4v) is 2.76. The molecule has 0 unspecified atom stereocenters. The number of aryl methyl sites for hydroxylation is 3. The smallest absolute Gasteiger partial charge is 0.143 e. The summed E-state index contributed by atoms with van der Waals surface area (Å²) in [4.78, 5) is 0. The summed E-state index contributed by atoms with van der Waals surface area (Å²) in [6.45, 7) is 7.54. The number of anilines is 1. The van der Waals surface area contributed by atoms with Crippen molar-refractivity contribution in [1.29, 1.82) is 0 Å². The first-order valence-corrected chi connectivity index (χ1v) is 7.94. The van der Waals surface area contributed by atoms with Crippen molar-refractivity contribution in [3.05, 3.63) is 38.6 Å². The fraction of sp³-hybridized carbons (Fsp3) is 0.400. The van der Waals surface area contributed by atoms with E-state index >= 15 is 0 Å². The Hall–Kier alpha value is -1.20. The SMILES string of the molecule is CCn1nc(C)c(Br)c1CNc1cc(C)c(Cl)cc1OC. The molecule has 0 radical (unpaired) electrons. The molecule has 0 spiro atoms. The van der Waals surface area contributed by atoms with Gasteiger partial charge in [-0.1, -0.05) is 11.6 Å². The van der Waals surface area contributed by atoms with Crippen LogP contribution in [0.15, 0.2) is 16.6 Å². The lowest BCUT2D eigenvalue weighted by molar-refractivity contribution is 0.416. The van der Waals surface area contributed by atoms with Gasteiger partial charge in [-0.3, -0.25) is 4.68 Å². The quantitative estimate of drug-likeness (QED) is 0.836. The first kappa shape index (κ1) is 16.2. The maximum atomic E-state index is 6.13. The highest BCUT2D eigenvalue weighted by Gasteiger charge is 2.13. The van der Waals surface area contributed by atoms with E-state index in [9.17, 15) is 0 Å². The van der Waals surface area contributed by atoms with Gasteiger partial charge >= 0.3 is 0 Å². The lowest BCUT2D eigenvalue weighted by Gasteiger charge is -2.14. The van der Waals surface area contributed by atoms with Crippen molar-refractivity contribution < 1.29 is 4.74 Å². The van der Waals surface area contributed by atoms with Crippen molar-refractivity contribution in [3.8, 4) is 5.75 Å². The minimum atomic E-state index is 0.659. The number of benzene rings is 1. The maximum Gasteiger partial charge on any atom is 0.143 e. The molecule has 1 heterocycles. The lowest BCUT2D eigenvalue weighted by Crippen LogP contribution is -2.09. The molecule has 0 aliphatic carbocycles. The highest BCUT2D eigenvalue weighted by Crippen LogP contribution is 2.32. The average Bonchev–Trinajstić information content (AvgIpc) is 2.75. The Morgan fingerprint density at radius 3 is 2.71 bits per heavy atom. The summed E-state index contributed by atoms with van der Waals surface area (Å²) in [5.74, 6) is 0.737. The molecule has 1 N–H and O–H groups in total. The largest absolute Gasteiger partial charge is 0.495 e. The van der Waals surface area contributed by atoms with E-state index in [1.165, 1.54) is 0 Å². The normalized spacial score (nSPS) is 10.8. The predicted octanol–water partition coefficient (Wildman–Crippen LogP) is 4.56. The van der Waals surface area contributed by atoms with Gasteiger partial charge in [0.2, 0.25) is 0 Å². The summed E-state index contributed by atoms with van der Waals surface area (Å²) < 4.78 is 8.41. The predicted molar refractivity (Wildman–Crippen MR) is 90.4 cm³/mol. The van der Waals surface area contributed by atoms with Crippen LogP contribution in [0.1, 0.15) is 23.9 Å². The van der Waals surface area contributed by atoms with E-state index in [0.717, 1.165) is 39.4 Å². The van der Waals surface area contributed by atoms with E-state index in [0.29, 0.717) is 11.6 Å². The number of halogens is 2. The molecule has 114 valence electrons. The second-order valence-electron chi connectivity index (χ2n) is 4.82. The van der Waals surface area contributed by atoms with Crippen molar-refractivity contribution in [2.24, 2.45) is 0 Å². The first-order chi connectivity index (χ1) is 9.97. The summed E-state index contributed by atoms with van der Waals surface area (Å²) in [6.07, 6.45) is 0. The fourth-order valence-electron chi connectivity index (χ4n) is 2.19. The van der Waals surface area contributed by atoms with Crippen molar-refractivity contribution in [2.75, 3.05) is 12.4 Å². The van der Waals surface area contributed by atoms with Gasteiger partial charge in [-0.2, -0.15) is 5.10 Å². The average molecular weight is 373 g/mol. The highest BCUT2D eigenvalue weighted by molar-refractivity contribution is 9.10. The van der Waals surface area contributed by atoms with E-state index in [2.05, 4.69) is 33.3 Å². The minimum absolute atomic E-state index is 0.659. The van der Waals surface area contributed by atoms with Crippen molar-refractivity contribution in [1.82, 2.24) is 9.78 Å². The Kier molecular flexibility index (Phi) is 5.17. The van der Waals surface area contributed by atoms with E-state index in [-0.39, 0.29) is 0 Å². The third kappa shape index (κ3) is 3.35. The summed E-state index contributed by atoms with van der Waals surface area (Å²) in [7, 11) is 1.64. The Morgan fingerprint density at radius 2 is 2.10 bits per heavy atom. The number of nitrogens with one attached hydrogen (secondary N) is 1. The molecular formula is C15H19BrClN3O. The van der Waals surface area contributed by atoms with Crippen LogP contribution < -0.4 is 10.1 Å². The Morgan fingerprint density at radius 1 is 1.38 bits per heavy atom. The van der Waals surface area contributed by atoms with Crippen molar-refractivity contribution >= 4 is 33.2 Å². The summed E-state index contributed by atoms with van der Waals surface area (Å²) in [5.41, 5.74) is 4.05. The molecule has 21 heavy (non-hydrogen) atoms. The summed E-state index contributed by atoms with van der Waals surface area (Å²) in [5, 5.41) is 8.60. The number of methoxy groups -OCH3 is 1. The zero-order valence-electron chi connectivity index (χ0n) is 12.6. The number of aromatic nitrogens is 2. The first-order valence-electron chi connectivity index (χ1n) is 6.77. The third-order valence-electron chi connectivity index (χ3n) is 3.38. The van der Waals surface area contributed by atoms with Gasteiger partial charge in [0.15, 0.2) is 0 Å². The van der Waals surface area contributed by atoms with Gasteiger partial charge in [0.25, 0.3) is 0 Å². The Balaban J connectivity index is 2.26. The van der Waals surface area contributed by atoms with Gasteiger partial charge in [-0.15, -0.1) is 0 Å². The van der Waals surface area contributed by atoms with Crippen LogP contribution >= 0.6 is 27.5 Å². The van der Waals surface area contributed by atoms with Gasteiger partial charge in [-0.05, 0) is 48.3 Å².